The van der Waals surface area contributed by atoms with E-state index in [0.717, 1.165) is 31.4 Å². The number of nitrogens with zero attached hydrogens (tertiary/aromatic N) is 2. The van der Waals surface area contributed by atoms with Crippen LogP contribution >= 0.6 is 0 Å². The predicted molar refractivity (Wildman–Crippen MR) is 92.5 cm³/mol. The van der Waals surface area contributed by atoms with E-state index >= 15 is 0 Å². The van der Waals surface area contributed by atoms with Crippen molar-refractivity contribution in [1.29, 1.82) is 0 Å². The Morgan fingerprint density at radius 3 is 2.55 bits per heavy atom. The molecule has 0 atom stereocenters. The van der Waals surface area contributed by atoms with Gasteiger partial charge in [-0.15, -0.1) is 0 Å². The van der Waals surface area contributed by atoms with Crippen LogP contribution in [0, 0.1) is 13.8 Å². The highest BCUT2D eigenvalue weighted by molar-refractivity contribution is 5.92. The van der Waals surface area contributed by atoms with E-state index in [1.165, 1.54) is 24.0 Å². The number of aryl methyl sites for hydroxylation is 2. The molecule has 0 radical (unpaired) electrons. The van der Waals surface area contributed by atoms with Crippen LogP contribution in [-0.2, 0) is 4.74 Å². The standard InChI is InChI=1S/C17H28N4O/c1-13-10-14(2)12-15(11-13)20-17(18)19-6-7-21(8-9-22-3)16-4-5-16/h10-12,16H,4-9H2,1-3H3,(H3,18,19,20). The van der Waals surface area contributed by atoms with Crippen molar-refractivity contribution in [2.45, 2.75) is 32.7 Å². The minimum atomic E-state index is 0.479. The number of nitrogens with one attached hydrogen (secondary N) is 1. The number of ether oxygens (including phenoxy) is 1. The summed E-state index contributed by atoms with van der Waals surface area (Å²) in [6, 6.07) is 7.01. The molecule has 1 fully saturated rings. The second-order valence-electron chi connectivity index (χ2n) is 6.03. The van der Waals surface area contributed by atoms with Crippen LogP contribution in [0.4, 0.5) is 5.69 Å². The summed E-state index contributed by atoms with van der Waals surface area (Å²) < 4.78 is 5.16. The summed E-state index contributed by atoms with van der Waals surface area (Å²) in [5, 5.41) is 3.17. The summed E-state index contributed by atoms with van der Waals surface area (Å²) >= 11 is 0. The first-order valence-electron chi connectivity index (χ1n) is 7.96. The molecular weight excluding hydrogens is 276 g/mol. The van der Waals surface area contributed by atoms with Gasteiger partial charge in [0.25, 0.3) is 0 Å². The highest BCUT2D eigenvalue weighted by Gasteiger charge is 2.27. The minimum absolute atomic E-state index is 0.479. The lowest BCUT2D eigenvalue weighted by molar-refractivity contribution is 0.145. The van der Waals surface area contributed by atoms with Crippen molar-refractivity contribution in [3.63, 3.8) is 0 Å². The van der Waals surface area contributed by atoms with E-state index in [2.05, 4.69) is 47.3 Å². The molecule has 0 bridgehead atoms. The quantitative estimate of drug-likeness (QED) is 0.570. The van der Waals surface area contributed by atoms with Crippen molar-refractivity contribution >= 4 is 11.6 Å². The van der Waals surface area contributed by atoms with Crippen LogP contribution < -0.4 is 11.1 Å². The number of aliphatic imine (C=N–C) groups is 1. The average Bonchev–Trinajstić information content (AvgIpc) is 3.25. The molecule has 1 aliphatic carbocycles. The number of methoxy groups -OCH3 is 1. The summed E-state index contributed by atoms with van der Waals surface area (Å²) in [4.78, 5) is 6.88. The number of anilines is 1. The van der Waals surface area contributed by atoms with Gasteiger partial charge in [-0.25, -0.2) is 0 Å². The minimum Gasteiger partial charge on any atom is -0.383 e. The summed E-state index contributed by atoms with van der Waals surface area (Å²) in [6.07, 6.45) is 2.59. The summed E-state index contributed by atoms with van der Waals surface area (Å²) in [7, 11) is 1.75. The predicted octanol–water partition coefficient (Wildman–Crippen LogP) is 2.14. The zero-order chi connectivity index (χ0) is 15.9. The Morgan fingerprint density at radius 2 is 1.95 bits per heavy atom. The van der Waals surface area contributed by atoms with E-state index in [1.807, 2.05) is 0 Å². The van der Waals surface area contributed by atoms with E-state index in [9.17, 15) is 0 Å². The lowest BCUT2D eigenvalue weighted by atomic mass is 10.1. The van der Waals surface area contributed by atoms with Gasteiger partial charge in [0.2, 0.25) is 0 Å². The third-order valence-corrected chi connectivity index (χ3v) is 3.81. The van der Waals surface area contributed by atoms with Crippen molar-refractivity contribution in [3.05, 3.63) is 29.3 Å². The molecule has 3 N–H and O–H groups in total. The van der Waals surface area contributed by atoms with Gasteiger partial charge >= 0.3 is 0 Å². The highest BCUT2D eigenvalue weighted by atomic mass is 16.5. The molecule has 0 aromatic heterocycles. The second-order valence-corrected chi connectivity index (χ2v) is 6.03. The number of guanidine groups is 1. The number of benzene rings is 1. The lowest BCUT2D eigenvalue weighted by Gasteiger charge is -2.20. The van der Waals surface area contributed by atoms with Crippen molar-refractivity contribution in [2.24, 2.45) is 10.7 Å². The number of hydrogen-bond donors (Lipinski definition) is 2. The molecule has 5 nitrogen and oxygen atoms in total. The van der Waals surface area contributed by atoms with Crippen LogP contribution in [0.1, 0.15) is 24.0 Å². The molecule has 2 rings (SSSR count). The average molecular weight is 304 g/mol. The molecule has 122 valence electrons. The van der Waals surface area contributed by atoms with Crippen molar-refractivity contribution in [3.8, 4) is 0 Å². The summed E-state index contributed by atoms with van der Waals surface area (Å²) in [5.41, 5.74) is 9.41. The van der Waals surface area contributed by atoms with Crippen LogP contribution in [0.25, 0.3) is 0 Å². The van der Waals surface area contributed by atoms with Crippen LogP contribution in [0.5, 0.6) is 0 Å². The van der Waals surface area contributed by atoms with Gasteiger partial charge < -0.3 is 15.8 Å². The zero-order valence-electron chi connectivity index (χ0n) is 13.9. The molecule has 1 aliphatic rings. The molecule has 0 spiro atoms. The lowest BCUT2D eigenvalue weighted by Crippen LogP contribution is -2.33. The number of hydrogen-bond acceptors (Lipinski definition) is 3. The smallest absolute Gasteiger partial charge is 0.193 e. The maximum absolute atomic E-state index is 5.98. The number of nitrogens with two attached hydrogens (primary N) is 1. The molecule has 0 saturated heterocycles. The van der Waals surface area contributed by atoms with Crippen LogP contribution in [0.3, 0.4) is 0 Å². The molecule has 0 heterocycles. The van der Waals surface area contributed by atoms with Crippen LogP contribution in [0.2, 0.25) is 0 Å². The fourth-order valence-corrected chi connectivity index (χ4v) is 2.66. The normalized spacial score (nSPS) is 15.4. The SMILES string of the molecule is COCCN(CCN=C(N)Nc1cc(C)cc(C)c1)C1CC1. The molecular formula is C17H28N4O. The van der Waals surface area contributed by atoms with Gasteiger partial charge in [-0.1, -0.05) is 6.07 Å². The van der Waals surface area contributed by atoms with Gasteiger partial charge in [-0.3, -0.25) is 9.89 Å². The first-order valence-corrected chi connectivity index (χ1v) is 7.96. The highest BCUT2D eigenvalue weighted by Crippen LogP contribution is 2.26. The Balaban J connectivity index is 1.81. The Kier molecular flexibility index (Phi) is 6.21. The molecule has 1 aromatic rings. The van der Waals surface area contributed by atoms with E-state index < -0.39 is 0 Å². The van der Waals surface area contributed by atoms with E-state index in [-0.39, 0.29) is 0 Å². The second kappa shape index (κ2) is 8.15. The molecule has 22 heavy (non-hydrogen) atoms. The molecule has 5 heteroatoms. The van der Waals surface area contributed by atoms with Crippen molar-refractivity contribution in [1.82, 2.24) is 4.90 Å². The van der Waals surface area contributed by atoms with E-state index in [0.29, 0.717) is 12.5 Å². The molecule has 0 aliphatic heterocycles. The first kappa shape index (κ1) is 16.8. The molecule has 1 aromatic carbocycles. The third kappa shape index (κ3) is 5.66. The Bertz CT molecular complexity index is 491. The van der Waals surface area contributed by atoms with Gasteiger partial charge in [-0.2, -0.15) is 0 Å². The molecule has 1 saturated carbocycles. The topological polar surface area (TPSA) is 62.9 Å². The fraction of sp³-hybridized carbons (Fsp3) is 0.588. The van der Waals surface area contributed by atoms with Crippen molar-refractivity contribution < 1.29 is 4.74 Å². The fourth-order valence-electron chi connectivity index (χ4n) is 2.66. The summed E-state index contributed by atoms with van der Waals surface area (Å²) in [6.45, 7) is 7.55. The summed E-state index contributed by atoms with van der Waals surface area (Å²) in [5.74, 6) is 0.479. The van der Waals surface area contributed by atoms with Gasteiger partial charge in [0.05, 0.1) is 13.2 Å². The van der Waals surface area contributed by atoms with Crippen LogP contribution in [0.15, 0.2) is 23.2 Å². The van der Waals surface area contributed by atoms with Gasteiger partial charge in [0.15, 0.2) is 5.96 Å². The zero-order valence-corrected chi connectivity index (χ0v) is 13.9. The number of rotatable bonds is 8. The monoisotopic (exact) mass is 304 g/mol. The van der Waals surface area contributed by atoms with Gasteiger partial charge in [0, 0.05) is 31.9 Å². The van der Waals surface area contributed by atoms with Crippen LogP contribution in [-0.4, -0.2) is 50.3 Å². The Labute approximate surface area is 133 Å². The first-order chi connectivity index (χ1) is 10.6. The Hall–Kier alpha value is -1.59. The maximum atomic E-state index is 5.98. The third-order valence-electron chi connectivity index (χ3n) is 3.81. The van der Waals surface area contributed by atoms with E-state index in [1.54, 1.807) is 7.11 Å². The molecule has 0 unspecified atom stereocenters. The van der Waals surface area contributed by atoms with Gasteiger partial charge in [0.1, 0.15) is 0 Å². The van der Waals surface area contributed by atoms with Crippen molar-refractivity contribution in [2.75, 3.05) is 38.7 Å². The Morgan fingerprint density at radius 1 is 1.27 bits per heavy atom. The van der Waals surface area contributed by atoms with Gasteiger partial charge in [-0.05, 0) is 49.9 Å². The largest absolute Gasteiger partial charge is 0.383 e. The maximum Gasteiger partial charge on any atom is 0.193 e. The van der Waals surface area contributed by atoms with E-state index in [4.69, 9.17) is 10.5 Å². The molecule has 0 amide bonds.